The fraction of sp³-hybridized carbons (Fsp3) is 0.133. The largest absolute Gasteiger partial charge is 0.423 e. The first kappa shape index (κ1) is 12.8. The number of hydrogen-bond acceptors (Lipinski definition) is 4. The van der Waals surface area contributed by atoms with Gasteiger partial charge in [-0.15, -0.1) is 0 Å². The smallest absolute Gasteiger partial charge is 0.298 e. The number of nitrogens with zero attached hydrogens (tertiary/aromatic N) is 2. The van der Waals surface area contributed by atoms with Gasteiger partial charge in [0.25, 0.3) is 6.01 Å². The lowest BCUT2D eigenvalue weighted by molar-refractivity contribution is 0.582. The molecule has 2 aromatic carbocycles. The maximum absolute atomic E-state index is 6.16. The molecule has 1 heterocycles. The van der Waals surface area contributed by atoms with E-state index in [4.69, 9.17) is 21.8 Å². The molecule has 20 heavy (non-hydrogen) atoms. The number of aromatic nitrogens is 1. The van der Waals surface area contributed by atoms with Crippen LogP contribution < -0.4 is 10.6 Å². The molecule has 3 rings (SSSR count). The highest BCUT2D eigenvalue weighted by Gasteiger charge is 2.12. The highest BCUT2D eigenvalue weighted by molar-refractivity contribution is 6.31. The normalized spacial score (nSPS) is 10.9. The van der Waals surface area contributed by atoms with Crippen molar-refractivity contribution in [1.29, 1.82) is 0 Å². The maximum Gasteiger partial charge on any atom is 0.298 e. The molecule has 0 bridgehead atoms. The molecule has 0 unspecified atom stereocenters. The van der Waals surface area contributed by atoms with E-state index in [-0.39, 0.29) is 0 Å². The first-order valence-electron chi connectivity index (χ1n) is 6.24. The predicted octanol–water partition coefficient (Wildman–Crippen LogP) is 3.70. The van der Waals surface area contributed by atoms with Crippen LogP contribution in [0.1, 0.15) is 5.56 Å². The zero-order valence-corrected chi connectivity index (χ0v) is 11.8. The number of anilines is 2. The van der Waals surface area contributed by atoms with Gasteiger partial charge in [0.15, 0.2) is 5.58 Å². The van der Waals surface area contributed by atoms with Crippen molar-refractivity contribution in [1.82, 2.24) is 4.98 Å². The van der Waals surface area contributed by atoms with Crippen LogP contribution in [-0.2, 0) is 6.54 Å². The van der Waals surface area contributed by atoms with Gasteiger partial charge in [0.05, 0.1) is 0 Å². The van der Waals surface area contributed by atoms with Crippen molar-refractivity contribution >= 4 is 34.4 Å². The molecule has 0 radical (unpaired) electrons. The van der Waals surface area contributed by atoms with Crippen LogP contribution in [0.2, 0.25) is 5.02 Å². The number of rotatable bonds is 3. The van der Waals surface area contributed by atoms with Crippen LogP contribution in [0.15, 0.2) is 46.9 Å². The average Bonchev–Trinajstić information content (AvgIpc) is 2.84. The van der Waals surface area contributed by atoms with E-state index in [2.05, 4.69) is 4.98 Å². The van der Waals surface area contributed by atoms with Crippen molar-refractivity contribution < 1.29 is 4.42 Å². The Bertz CT molecular complexity index is 754. The lowest BCUT2D eigenvalue weighted by Crippen LogP contribution is -2.16. The summed E-state index contributed by atoms with van der Waals surface area (Å²) in [5.74, 6) is 0. The summed E-state index contributed by atoms with van der Waals surface area (Å²) in [7, 11) is 1.91. The van der Waals surface area contributed by atoms with Gasteiger partial charge >= 0.3 is 0 Å². The van der Waals surface area contributed by atoms with Crippen LogP contribution in [-0.4, -0.2) is 12.0 Å². The van der Waals surface area contributed by atoms with Crippen molar-refractivity contribution in [3.63, 3.8) is 0 Å². The van der Waals surface area contributed by atoms with E-state index < -0.39 is 0 Å². The van der Waals surface area contributed by atoms with Gasteiger partial charge in [-0.3, -0.25) is 0 Å². The van der Waals surface area contributed by atoms with Crippen LogP contribution >= 0.6 is 11.6 Å². The fourth-order valence-electron chi connectivity index (χ4n) is 2.05. The van der Waals surface area contributed by atoms with Crippen molar-refractivity contribution in [3.8, 4) is 0 Å². The molecule has 2 N–H and O–H groups in total. The number of nitrogens with two attached hydrogens (primary N) is 1. The predicted molar refractivity (Wildman–Crippen MR) is 82.0 cm³/mol. The van der Waals surface area contributed by atoms with E-state index in [9.17, 15) is 0 Å². The third-order valence-corrected chi connectivity index (χ3v) is 3.46. The molecule has 1 aromatic heterocycles. The highest BCUT2D eigenvalue weighted by Crippen LogP contribution is 2.25. The SMILES string of the molecule is CN(Cc1ccccc1Cl)c1nc2cc(N)ccc2o1. The number of hydrogen-bond donors (Lipinski definition) is 1. The average molecular weight is 288 g/mol. The first-order valence-corrected chi connectivity index (χ1v) is 6.62. The summed E-state index contributed by atoms with van der Waals surface area (Å²) in [6.45, 7) is 0.627. The summed E-state index contributed by atoms with van der Waals surface area (Å²) in [6, 6.07) is 13.7. The monoisotopic (exact) mass is 287 g/mol. The summed E-state index contributed by atoms with van der Waals surface area (Å²) >= 11 is 6.16. The van der Waals surface area contributed by atoms with Gasteiger partial charge in [0.1, 0.15) is 5.52 Å². The van der Waals surface area contributed by atoms with Crippen molar-refractivity contribution in [2.75, 3.05) is 17.7 Å². The number of fused-ring (bicyclic) bond motifs is 1. The van der Waals surface area contributed by atoms with Crippen LogP contribution in [0.3, 0.4) is 0 Å². The lowest BCUT2D eigenvalue weighted by atomic mass is 10.2. The Morgan fingerprint density at radius 3 is 2.85 bits per heavy atom. The Labute approximate surface area is 121 Å². The van der Waals surface area contributed by atoms with Gasteiger partial charge in [0, 0.05) is 24.3 Å². The van der Waals surface area contributed by atoms with Gasteiger partial charge < -0.3 is 15.1 Å². The van der Waals surface area contributed by atoms with Crippen LogP contribution in [0.4, 0.5) is 11.7 Å². The second kappa shape index (κ2) is 5.06. The summed E-state index contributed by atoms with van der Waals surface area (Å²) in [4.78, 5) is 6.35. The summed E-state index contributed by atoms with van der Waals surface area (Å²) in [5, 5.41) is 0.736. The molecule has 102 valence electrons. The molecule has 0 fully saturated rings. The molecule has 0 saturated carbocycles. The molecule has 0 spiro atoms. The van der Waals surface area contributed by atoms with E-state index in [0.717, 1.165) is 21.7 Å². The van der Waals surface area contributed by atoms with Crippen LogP contribution in [0.5, 0.6) is 0 Å². The van der Waals surface area contributed by atoms with Gasteiger partial charge in [-0.05, 0) is 29.8 Å². The van der Waals surface area contributed by atoms with Gasteiger partial charge in [0.2, 0.25) is 0 Å². The Hall–Kier alpha value is -2.20. The van der Waals surface area contributed by atoms with Crippen molar-refractivity contribution in [2.45, 2.75) is 6.54 Å². The molecule has 4 nitrogen and oxygen atoms in total. The van der Waals surface area contributed by atoms with Gasteiger partial charge in [-0.2, -0.15) is 4.98 Å². The maximum atomic E-state index is 6.16. The molecular weight excluding hydrogens is 274 g/mol. The minimum atomic E-state index is 0.547. The third kappa shape index (κ3) is 2.42. The first-order chi connectivity index (χ1) is 9.63. The molecule has 0 saturated heterocycles. The van der Waals surface area contributed by atoms with Crippen molar-refractivity contribution in [3.05, 3.63) is 53.1 Å². The molecule has 0 aliphatic carbocycles. The lowest BCUT2D eigenvalue weighted by Gasteiger charge is -2.15. The van der Waals surface area contributed by atoms with Crippen LogP contribution in [0, 0.1) is 0 Å². The summed E-state index contributed by atoms with van der Waals surface area (Å²) < 4.78 is 5.71. The Morgan fingerprint density at radius 1 is 1.25 bits per heavy atom. The number of oxazole rings is 1. The molecule has 0 atom stereocenters. The quantitative estimate of drug-likeness (QED) is 0.746. The Kier molecular flexibility index (Phi) is 3.24. The van der Waals surface area contributed by atoms with E-state index in [1.807, 2.05) is 42.3 Å². The van der Waals surface area contributed by atoms with E-state index in [1.165, 1.54) is 0 Å². The van der Waals surface area contributed by atoms with Gasteiger partial charge in [-0.25, -0.2) is 0 Å². The standard InChI is InChI=1S/C15H14ClN3O/c1-19(9-10-4-2-3-5-12(10)16)15-18-13-8-11(17)6-7-14(13)20-15/h2-8H,9,17H2,1H3. The van der Waals surface area contributed by atoms with E-state index in [1.54, 1.807) is 12.1 Å². The van der Waals surface area contributed by atoms with E-state index >= 15 is 0 Å². The zero-order chi connectivity index (χ0) is 14.1. The molecule has 5 heteroatoms. The zero-order valence-electron chi connectivity index (χ0n) is 11.0. The Balaban J connectivity index is 1.89. The second-order valence-corrected chi connectivity index (χ2v) is 5.08. The van der Waals surface area contributed by atoms with E-state index in [0.29, 0.717) is 18.2 Å². The second-order valence-electron chi connectivity index (χ2n) is 4.67. The topological polar surface area (TPSA) is 55.3 Å². The molecule has 0 aliphatic heterocycles. The summed E-state index contributed by atoms with van der Waals surface area (Å²) in [6.07, 6.45) is 0. The summed E-state index contributed by atoms with van der Waals surface area (Å²) in [5.41, 5.74) is 8.92. The number of nitrogen functional groups attached to an aromatic ring is 1. The highest BCUT2D eigenvalue weighted by atomic mass is 35.5. The fourth-order valence-corrected chi connectivity index (χ4v) is 2.24. The molecule has 3 aromatic rings. The third-order valence-electron chi connectivity index (χ3n) is 3.09. The van der Waals surface area contributed by atoms with Crippen molar-refractivity contribution in [2.24, 2.45) is 0 Å². The number of halogens is 1. The van der Waals surface area contributed by atoms with Crippen LogP contribution in [0.25, 0.3) is 11.1 Å². The molecule has 0 amide bonds. The number of benzene rings is 2. The molecule has 0 aliphatic rings. The minimum Gasteiger partial charge on any atom is -0.423 e. The van der Waals surface area contributed by atoms with Gasteiger partial charge in [-0.1, -0.05) is 29.8 Å². The Morgan fingerprint density at radius 2 is 2.05 bits per heavy atom. The minimum absolute atomic E-state index is 0.547. The molecular formula is C15H14ClN3O.